The maximum atomic E-state index is 8.76. The zero-order valence-electron chi connectivity index (χ0n) is 11.1. The van der Waals surface area contributed by atoms with Crippen LogP contribution in [0.25, 0.3) is 0 Å². The van der Waals surface area contributed by atoms with Gasteiger partial charge in [0.15, 0.2) is 5.84 Å². The van der Waals surface area contributed by atoms with Crippen LogP contribution >= 0.6 is 0 Å². The molecule has 3 N–H and O–H groups in total. The maximum absolute atomic E-state index is 8.76. The Morgan fingerprint density at radius 1 is 1.40 bits per heavy atom. The van der Waals surface area contributed by atoms with Crippen LogP contribution in [0.3, 0.4) is 0 Å². The lowest BCUT2D eigenvalue weighted by molar-refractivity contribution is 0.318. The smallest absolute Gasteiger partial charge is 0.226 e. The first-order valence-electron chi connectivity index (χ1n) is 6.26. The normalized spacial score (nSPS) is 15.2. The van der Waals surface area contributed by atoms with Crippen LogP contribution in [0.2, 0.25) is 0 Å². The molecule has 1 aliphatic rings. The van der Waals surface area contributed by atoms with Gasteiger partial charge in [-0.1, -0.05) is 5.16 Å². The molecule has 2 aromatic heterocycles. The predicted octanol–water partition coefficient (Wildman–Crippen LogP) is 0.0962. The van der Waals surface area contributed by atoms with Crippen molar-refractivity contribution in [2.75, 3.05) is 11.4 Å². The van der Waals surface area contributed by atoms with Crippen molar-refractivity contribution < 1.29 is 5.21 Å². The van der Waals surface area contributed by atoms with Crippen molar-refractivity contribution in [3.63, 3.8) is 0 Å². The Bertz CT molecular complexity index is 664. The predicted molar refractivity (Wildman–Crippen MR) is 72.6 cm³/mol. The fraction of sp³-hybridized carbons (Fsp3) is 0.333. The molecular formula is C12H15N7O. The quantitative estimate of drug-likeness (QED) is 0.348. The van der Waals surface area contributed by atoms with Gasteiger partial charge in [0.05, 0.1) is 6.54 Å². The van der Waals surface area contributed by atoms with Gasteiger partial charge < -0.3 is 20.4 Å². The number of oxime groups is 1. The van der Waals surface area contributed by atoms with Crippen LogP contribution in [0.5, 0.6) is 0 Å². The van der Waals surface area contributed by atoms with Crippen molar-refractivity contribution in [3.8, 4) is 0 Å². The molecule has 0 aliphatic carbocycles. The van der Waals surface area contributed by atoms with Crippen molar-refractivity contribution >= 4 is 11.8 Å². The van der Waals surface area contributed by atoms with Gasteiger partial charge in [0, 0.05) is 31.2 Å². The summed E-state index contributed by atoms with van der Waals surface area (Å²) in [6.07, 6.45) is 3.75. The summed E-state index contributed by atoms with van der Waals surface area (Å²) in [6, 6.07) is 1.68. The number of aromatic nitrogens is 4. The standard InChI is InChI=1S/C12H15N7O/c1-8-6-9(11(13)17-20)16-12(15-8)19-5-4-18-3-2-14-10(18)7-19/h2-3,6,20H,4-5,7H2,1H3,(H2,13,17). The summed E-state index contributed by atoms with van der Waals surface area (Å²) in [5.41, 5.74) is 6.79. The number of imidazole rings is 1. The molecule has 0 radical (unpaired) electrons. The number of aryl methyl sites for hydroxylation is 1. The number of nitrogens with two attached hydrogens (primary N) is 1. The molecule has 8 nitrogen and oxygen atoms in total. The van der Waals surface area contributed by atoms with E-state index in [1.54, 1.807) is 12.3 Å². The SMILES string of the molecule is Cc1cc(/C(N)=N/O)nc(N2CCn3ccnc3C2)n1. The molecule has 20 heavy (non-hydrogen) atoms. The number of nitrogens with zero attached hydrogens (tertiary/aromatic N) is 6. The van der Waals surface area contributed by atoms with Gasteiger partial charge in [0.25, 0.3) is 0 Å². The Balaban J connectivity index is 1.93. The van der Waals surface area contributed by atoms with Crippen molar-refractivity contribution in [2.45, 2.75) is 20.0 Å². The fourth-order valence-corrected chi connectivity index (χ4v) is 2.22. The van der Waals surface area contributed by atoms with E-state index in [9.17, 15) is 0 Å². The summed E-state index contributed by atoms with van der Waals surface area (Å²) in [5, 5.41) is 11.7. The van der Waals surface area contributed by atoms with E-state index in [0.717, 1.165) is 24.6 Å². The second-order valence-corrected chi connectivity index (χ2v) is 4.64. The maximum Gasteiger partial charge on any atom is 0.226 e. The first kappa shape index (κ1) is 12.4. The molecule has 104 valence electrons. The average Bonchev–Trinajstić information content (AvgIpc) is 2.93. The lowest BCUT2D eigenvalue weighted by atomic mass is 10.3. The van der Waals surface area contributed by atoms with Gasteiger partial charge >= 0.3 is 0 Å². The third kappa shape index (κ3) is 2.15. The number of hydrogen-bond donors (Lipinski definition) is 2. The molecule has 3 rings (SSSR count). The molecule has 1 aliphatic heterocycles. The van der Waals surface area contributed by atoms with Crippen LogP contribution in [0.4, 0.5) is 5.95 Å². The molecule has 0 saturated heterocycles. The zero-order valence-corrected chi connectivity index (χ0v) is 11.1. The van der Waals surface area contributed by atoms with Crippen molar-refractivity contribution in [2.24, 2.45) is 10.9 Å². The molecule has 3 heterocycles. The fourth-order valence-electron chi connectivity index (χ4n) is 2.22. The second-order valence-electron chi connectivity index (χ2n) is 4.64. The molecule has 0 atom stereocenters. The van der Waals surface area contributed by atoms with Crippen molar-refractivity contribution in [3.05, 3.63) is 35.7 Å². The molecule has 0 bridgehead atoms. The summed E-state index contributed by atoms with van der Waals surface area (Å²) in [4.78, 5) is 15.1. The van der Waals surface area contributed by atoms with E-state index in [4.69, 9.17) is 10.9 Å². The Morgan fingerprint density at radius 2 is 2.25 bits per heavy atom. The van der Waals surface area contributed by atoms with Crippen LogP contribution in [-0.4, -0.2) is 37.1 Å². The third-order valence-corrected chi connectivity index (χ3v) is 3.24. The van der Waals surface area contributed by atoms with Crippen molar-refractivity contribution in [1.29, 1.82) is 0 Å². The van der Waals surface area contributed by atoms with Gasteiger partial charge in [0.1, 0.15) is 11.5 Å². The van der Waals surface area contributed by atoms with Crippen LogP contribution in [0, 0.1) is 6.92 Å². The van der Waals surface area contributed by atoms with Gasteiger partial charge in [-0.25, -0.2) is 15.0 Å². The number of rotatable bonds is 2. The van der Waals surface area contributed by atoms with E-state index in [-0.39, 0.29) is 5.84 Å². The van der Waals surface area contributed by atoms with Gasteiger partial charge in [-0.2, -0.15) is 0 Å². The van der Waals surface area contributed by atoms with E-state index < -0.39 is 0 Å². The number of amidine groups is 1. The Morgan fingerprint density at radius 3 is 3.05 bits per heavy atom. The molecule has 2 aromatic rings. The molecule has 0 unspecified atom stereocenters. The Labute approximate surface area is 115 Å². The monoisotopic (exact) mass is 273 g/mol. The van der Waals surface area contributed by atoms with Crippen LogP contribution < -0.4 is 10.6 Å². The molecule has 8 heteroatoms. The Kier molecular flexibility index (Phi) is 2.97. The van der Waals surface area contributed by atoms with Gasteiger partial charge in [0.2, 0.25) is 5.95 Å². The molecule has 0 spiro atoms. The molecule has 0 saturated carbocycles. The highest BCUT2D eigenvalue weighted by Crippen LogP contribution is 2.17. The van der Waals surface area contributed by atoms with Gasteiger partial charge in [-0.15, -0.1) is 0 Å². The average molecular weight is 273 g/mol. The Hall–Kier alpha value is -2.64. The largest absolute Gasteiger partial charge is 0.409 e. The molecule has 0 fully saturated rings. The molecular weight excluding hydrogens is 258 g/mol. The minimum absolute atomic E-state index is 0.0183. The van der Waals surface area contributed by atoms with Crippen LogP contribution in [0.1, 0.15) is 17.2 Å². The summed E-state index contributed by atoms with van der Waals surface area (Å²) in [6.45, 7) is 4.13. The number of hydrogen-bond acceptors (Lipinski definition) is 6. The van der Waals surface area contributed by atoms with Gasteiger partial charge in [-0.05, 0) is 13.0 Å². The summed E-state index contributed by atoms with van der Waals surface area (Å²) >= 11 is 0. The van der Waals surface area contributed by atoms with Crippen LogP contribution in [0.15, 0.2) is 23.6 Å². The van der Waals surface area contributed by atoms with E-state index in [1.165, 1.54) is 0 Å². The highest BCUT2D eigenvalue weighted by molar-refractivity contribution is 5.95. The van der Waals surface area contributed by atoms with E-state index in [2.05, 4.69) is 24.7 Å². The van der Waals surface area contributed by atoms with E-state index in [0.29, 0.717) is 18.2 Å². The summed E-state index contributed by atoms with van der Waals surface area (Å²) in [5.74, 6) is 1.53. The van der Waals surface area contributed by atoms with Crippen molar-refractivity contribution in [1.82, 2.24) is 19.5 Å². The minimum Gasteiger partial charge on any atom is -0.409 e. The first-order chi connectivity index (χ1) is 9.67. The first-order valence-corrected chi connectivity index (χ1v) is 6.26. The summed E-state index contributed by atoms with van der Waals surface area (Å²) in [7, 11) is 0. The number of anilines is 1. The molecule has 0 amide bonds. The highest BCUT2D eigenvalue weighted by Gasteiger charge is 2.20. The van der Waals surface area contributed by atoms with E-state index in [1.807, 2.05) is 18.0 Å². The third-order valence-electron chi connectivity index (χ3n) is 3.24. The van der Waals surface area contributed by atoms with Gasteiger partial charge in [-0.3, -0.25) is 0 Å². The molecule has 0 aromatic carbocycles. The second kappa shape index (κ2) is 4.80. The topological polar surface area (TPSA) is 105 Å². The van der Waals surface area contributed by atoms with E-state index >= 15 is 0 Å². The van der Waals surface area contributed by atoms with Crippen LogP contribution in [-0.2, 0) is 13.1 Å². The minimum atomic E-state index is -0.0183. The highest BCUT2D eigenvalue weighted by atomic mass is 16.4. The zero-order chi connectivity index (χ0) is 14.1. The lowest BCUT2D eigenvalue weighted by Crippen LogP contribution is -2.35. The lowest BCUT2D eigenvalue weighted by Gasteiger charge is -2.28. The summed E-state index contributed by atoms with van der Waals surface area (Å²) < 4.78 is 2.11. The number of fused-ring (bicyclic) bond motifs is 1.